The minimum Gasteiger partial charge on any atom is -0.384 e. The fourth-order valence-electron chi connectivity index (χ4n) is 2.42. The fourth-order valence-corrected chi connectivity index (χ4v) is 2.63. The van der Waals surface area contributed by atoms with Crippen molar-refractivity contribution < 1.29 is 0 Å². The number of aromatic nitrogens is 1. The summed E-state index contributed by atoms with van der Waals surface area (Å²) >= 11 is 6.07. The second kappa shape index (κ2) is 8.01. The maximum Gasteiger partial charge on any atom is 0.123 e. The number of nitrogens with one attached hydrogen (secondary N) is 1. The molecule has 2 aromatic rings. The van der Waals surface area contributed by atoms with E-state index in [0.29, 0.717) is 11.9 Å². The Morgan fingerprint density at radius 2 is 1.95 bits per heavy atom. The Bertz CT molecular complexity index is 524. The van der Waals surface area contributed by atoms with Crippen molar-refractivity contribution in [2.45, 2.75) is 32.2 Å². The number of nitrogens with two attached hydrogens (primary N) is 1. The number of nitrogen functional groups attached to an aromatic ring is 1. The quantitative estimate of drug-likeness (QED) is 0.823. The minimum absolute atomic E-state index is 0.366. The van der Waals surface area contributed by atoms with Crippen LogP contribution in [0.4, 0.5) is 5.82 Å². The maximum atomic E-state index is 6.07. The van der Waals surface area contributed by atoms with Gasteiger partial charge in [0.2, 0.25) is 0 Å². The Balaban J connectivity index is 2.06. The molecule has 0 spiro atoms. The van der Waals surface area contributed by atoms with E-state index in [1.54, 1.807) is 6.20 Å². The summed E-state index contributed by atoms with van der Waals surface area (Å²) in [6.07, 6.45) is 4.76. The third kappa shape index (κ3) is 5.37. The predicted molar refractivity (Wildman–Crippen MR) is 89.6 cm³/mol. The second-order valence-electron chi connectivity index (χ2n) is 5.28. The number of rotatable bonds is 7. The summed E-state index contributed by atoms with van der Waals surface area (Å²) in [7, 11) is 0. The first kappa shape index (κ1) is 15.8. The zero-order valence-corrected chi connectivity index (χ0v) is 13.1. The van der Waals surface area contributed by atoms with Crippen LogP contribution in [0, 0.1) is 0 Å². The van der Waals surface area contributed by atoms with E-state index in [1.165, 1.54) is 11.1 Å². The van der Waals surface area contributed by atoms with E-state index >= 15 is 0 Å². The van der Waals surface area contributed by atoms with Crippen LogP contribution in [-0.2, 0) is 12.8 Å². The lowest BCUT2D eigenvalue weighted by Gasteiger charge is -2.19. The van der Waals surface area contributed by atoms with Gasteiger partial charge in [0.1, 0.15) is 5.82 Å². The second-order valence-corrected chi connectivity index (χ2v) is 5.71. The summed E-state index contributed by atoms with van der Waals surface area (Å²) in [4.78, 5) is 4.04. The Hall–Kier alpha value is -1.58. The third-order valence-corrected chi connectivity index (χ3v) is 3.62. The summed E-state index contributed by atoms with van der Waals surface area (Å²) in [6.45, 7) is 3.18. The van der Waals surface area contributed by atoms with E-state index in [4.69, 9.17) is 17.3 Å². The lowest BCUT2D eigenvalue weighted by molar-refractivity contribution is 0.504. The van der Waals surface area contributed by atoms with Crippen LogP contribution in [0.5, 0.6) is 0 Å². The summed E-state index contributed by atoms with van der Waals surface area (Å²) < 4.78 is 0. The molecule has 3 N–H and O–H groups in total. The van der Waals surface area contributed by atoms with Crippen LogP contribution in [0.2, 0.25) is 5.02 Å². The molecule has 1 heterocycles. The largest absolute Gasteiger partial charge is 0.384 e. The zero-order chi connectivity index (χ0) is 15.1. The number of halogens is 1. The molecule has 0 fully saturated rings. The molecule has 1 unspecified atom stereocenters. The number of benzene rings is 1. The number of anilines is 1. The lowest BCUT2D eigenvalue weighted by atomic mass is 9.99. The minimum atomic E-state index is 0.366. The van der Waals surface area contributed by atoms with E-state index in [0.717, 1.165) is 30.8 Å². The third-order valence-electron chi connectivity index (χ3n) is 3.38. The molecule has 0 saturated heterocycles. The van der Waals surface area contributed by atoms with Gasteiger partial charge in [-0.05, 0) is 61.2 Å². The lowest BCUT2D eigenvalue weighted by Crippen LogP contribution is -2.33. The molecule has 4 heteroatoms. The van der Waals surface area contributed by atoms with Gasteiger partial charge in [-0.1, -0.05) is 30.7 Å². The Kier molecular flexibility index (Phi) is 6.03. The van der Waals surface area contributed by atoms with Crippen molar-refractivity contribution in [1.29, 1.82) is 0 Å². The molecule has 2 rings (SSSR count). The summed E-state index contributed by atoms with van der Waals surface area (Å²) in [5, 5.41) is 4.39. The Labute approximate surface area is 131 Å². The molecule has 1 aromatic heterocycles. The van der Waals surface area contributed by atoms with Crippen LogP contribution in [0.25, 0.3) is 0 Å². The summed E-state index contributed by atoms with van der Waals surface area (Å²) in [5.74, 6) is 0.574. The molecule has 1 aromatic carbocycles. The smallest absolute Gasteiger partial charge is 0.123 e. The molecule has 0 amide bonds. The molecule has 1 atom stereocenters. The van der Waals surface area contributed by atoms with E-state index in [1.807, 2.05) is 30.3 Å². The molecule has 21 heavy (non-hydrogen) atoms. The highest BCUT2D eigenvalue weighted by Gasteiger charge is 2.10. The van der Waals surface area contributed by atoms with Gasteiger partial charge in [-0.2, -0.15) is 0 Å². The molecule has 3 nitrogen and oxygen atoms in total. The Morgan fingerprint density at radius 3 is 2.62 bits per heavy atom. The van der Waals surface area contributed by atoms with Crippen molar-refractivity contribution >= 4 is 17.4 Å². The normalized spacial score (nSPS) is 12.3. The highest BCUT2D eigenvalue weighted by Crippen LogP contribution is 2.15. The molecule has 0 aliphatic heterocycles. The van der Waals surface area contributed by atoms with Gasteiger partial charge in [-0.15, -0.1) is 0 Å². The first-order valence-electron chi connectivity index (χ1n) is 7.35. The van der Waals surface area contributed by atoms with E-state index in [9.17, 15) is 0 Å². The molecule has 112 valence electrons. The first-order valence-corrected chi connectivity index (χ1v) is 7.73. The van der Waals surface area contributed by atoms with E-state index in [2.05, 4.69) is 23.3 Å². The monoisotopic (exact) mass is 303 g/mol. The SMILES string of the molecule is CCCNC(Cc1cccc(Cl)c1)Cc1ccnc(N)c1. The van der Waals surface area contributed by atoms with Crippen LogP contribution in [0.3, 0.4) is 0 Å². The van der Waals surface area contributed by atoms with Gasteiger partial charge in [0, 0.05) is 17.3 Å². The highest BCUT2D eigenvalue weighted by molar-refractivity contribution is 6.30. The predicted octanol–water partition coefficient (Wildman–Crippen LogP) is 3.47. The molecule has 0 bridgehead atoms. The summed E-state index contributed by atoms with van der Waals surface area (Å²) in [5.41, 5.74) is 8.21. The van der Waals surface area contributed by atoms with Gasteiger partial charge in [0.25, 0.3) is 0 Å². The van der Waals surface area contributed by atoms with Crippen molar-refractivity contribution in [1.82, 2.24) is 10.3 Å². The van der Waals surface area contributed by atoms with Crippen LogP contribution >= 0.6 is 11.6 Å². The molecule has 0 radical (unpaired) electrons. The average molecular weight is 304 g/mol. The fraction of sp³-hybridized carbons (Fsp3) is 0.353. The number of nitrogens with zero attached hydrogens (tertiary/aromatic N) is 1. The van der Waals surface area contributed by atoms with Gasteiger partial charge >= 0.3 is 0 Å². The molecular formula is C17H22ClN3. The number of pyridine rings is 1. The van der Waals surface area contributed by atoms with Gasteiger partial charge in [-0.25, -0.2) is 4.98 Å². The topological polar surface area (TPSA) is 50.9 Å². The average Bonchev–Trinajstić information content (AvgIpc) is 2.45. The van der Waals surface area contributed by atoms with Crippen molar-refractivity contribution in [3.05, 3.63) is 58.7 Å². The number of hydrogen-bond acceptors (Lipinski definition) is 3. The van der Waals surface area contributed by atoms with Crippen LogP contribution in [0.15, 0.2) is 42.6 Å². The number of hydrogen-bond donors (Lipinski definition) is 2. The molecule has 0 aliphatic carbocycles. The van der Waals surface area contributed by atoms with Crippen LogP contribution < -0.4 is 11.1 Å². The van der Waals surface area contributed by atoms with Crippen molar-refractivity contribution in [2.24, 2.45) is 0 Å². The molecule has 0 aliphatic rings. The Morgan fingerprint density at radius 1 is 1.19 bits per heavy atom. The first-order chi connectivity index (χ1) is 10.2. The zero-order valence-electron chi connectivity index (χ0n) is 12.3. The van der Waals surface area contributed by atoms with Crippen LogP contribution in [0.1, 0.15) is 24.5 Å². The van der Waals surface area contributed by atoms with Gasteiger partial charge in [0.05, 0.1) is 0 Å². The van der Waals surface area contributed by atoms with Gasteiger partial charge in [-0.3, -0.25) is 0 Å². The van der Waals surface area contributed by atoms with E-state index in [-0.39, 0.29) is 0 Å². The van der Waals surface area contributed by atoms with Crippen LogP contribution in [-0.4, -0.2) is 17.6 Å². The standard InChI is InChI=1S/C17H22ClN3/c1-2-7-20-16(10-13-4-3-5-15(18)9-13)11-14-6-8-21-17(19)12-14/h3-6,8-9,12,16,20H,2,7,10-11H2,1H3,(H2,19,21). The molecule has 0 saturated carbocycles. The highest BCUT2D eigenvalue weighted by atomic mass is 35.5. The maximum absolute atomic E-state index is 6.07. The van der Waals surface area contributed by atoms with Crippen molar-refractivity contribution in [2.75, 3.05) is 12.3 Å². The van der Waals surface area contributed by atoms with Gasteiger partial charge in [0.15, 0.2) is 0 Å². The van der Waals surface area contributed by atoms with Crippen molar-refractivity contribution in [3.63, 3.8) is 0 Å². The molecular weight excluding hydrogens is 282 g/mol. The summed E-state index contributed by atoms with van der Waals surface area (Å²) in [6, 6.07) is 12.4. The van der Waals surface area contributed by atoms with E-state index < -0.39 is 0 Å². The van der Waals surface area contributed by atoms with Crippen molar-refractivity contribution in [3.8, 4) is 0 Å². The van der Waals surface area contributed by atoms with Gasteiger partial charge < -0.3 is 11.1 Å².